The lowest BCUT2D eigenvalue weighted by Gasteiger charge is -2.32. The van der Waals surface area contributed by atoms with Crippen LogP contribution in [0, 0.1) is 6.92 Å². The SMILES string of the molecule is Cc1nn(CC(=O)N2CCN(C)CC2)cc1-n1c(=O)[nH]c2cnc3ccc(Br)cc3c21. The Kier molecular flexibility index (Phi) is 4.90. The molecule has 0 spiro atoms. The molecule has 0 bridgehead atoms. The Labute approximate surface area is 186 Å². The fourth-order valence-electron chi connectivity index (χ4n) is 4.09. The predicted octanol–water partition coefficient (Wildman–Crippen LogP) is 1.91. The minimum atomic E-state index is -0.266. The van der Waals surface area contributed by atoms with Crippen molar-refractivity contribution in [2.75, 3.05) is 33.2 Å². The van der Waals surface area contributed by atoms with Crippen LogP contribution in [0.4, 0.5) is 0 Å². The van der Waals surface area contributed by atoms with Crippen LogP contribution in [0.3, 0.4) is 0 Å². The molecule has 0 radical (unpaired) electrons. The molecule has 10 heteroatoms. The summed E-state index contributed by atoms with van der Waals surface area (Å²) < 4.78 is 4.14. The summed E-state index contributed by atoms with van der Waals surface area (Å²) >= 11 is 3.51. The van der Waals surface area contributed by atoms with Gasteiger partial charge in [0.05, 0.1) is 40.3 Å². The molecule has 4 aromatic rings. The number of likely N-dealkylation sites (N-methyl/N-ethyl adjacent to an activating group) is 1. The quantitative estimate of drug-likeness (QED) is 0.480. The zero-order valence-electron chi connectivity index (χ0n) is 17.3. The van der Waals surface area contributed by atoms with Gasteiger partial charge in [0.2, 0.25) is 5.91 Å². The highest BCUT2D eigenvalue weighted by Crippen LogP contribution is 2.27. The van der Waals surface area contributed by atoms with Crippen LogP contribution < -0.4 is 5.69 Å². The number of aryl methyl sites for hydroxylation is 1. The minimum Gasteiger partial charge on any atom is -0.339 e. The largest absolute Gasteiger partial charge is 0.339 e. The molecule has 160 valence electrons. The second-order valence-electron chi connectivity index (χ2n) is 7.93. The number of pyridine rings is 1. The number of halogens is 1. The number of carbonyl (C=O) groups is 1. The highest BCUT2D eigenvalue weighted by molar-refractivity contribution is 9.10. The van der Waals surface area contributed by atoms with Crippen molar-refractivity contribution in [2.24, 2.45) is 0 Å². The zero-order valence-corrected chi connectivity index (χ0v) is 18.9. The average Bonchev–Trinajstić information content (AvgIpc) is 3.26. The maximum Gasteiger partial charge on any atom is 0.331 e. The van der Waals surface area contributed by atoms with E-state index in [9.17, 15) is 9.59 Å². The van der Waals surface area contributed by atoms with Crippen molar-refractivity contribution < 1.29 is 4.79 Å². The maximum absolute atomic E-state index is 12.9. The number of rotatable bonds is 3. The van der Waals surface area contributed by atoms with Crippen molar-refractivity contribution in [1.29, 1.82) is 0 Å². The van der Waals surface area contributed by atoms with Crippen LogP contribution >= 0.6 is 15.9 Å². The van der Waals surface area contributed by atoms with Gasteiger partial charge in [0, 0.05) is 36.0 Å². The third-order valence-electron chi connectivity index (χ3n) is 5.78. The fraction of sp³-hybridized carbons (Fsp3) is 0.333. The van der Waals surface area contributed by atoms with E-state index in [1.165, 1.54) is 0 Å². The monoisotopic (exact) mass is 483 g/mol. The van der Waals surface area contributed by atoms with Gasteiger partial charge in [0.25, 0.3) is 0 Å². The van der Waals surface area contributed by atoms with E-state index < -0.39 is 0 Å². The first-order valence-electron chi connectivity index (χ1n) is 10.1. The Balaban J connectivity index is 1.55. The summed E-state index contributed by atoms with van der Waals surface area (Å²) in [7, 11) is 2.06. The van der Waals surface area contributed by atoms with Gasteiger partial charge in [-0.3, -0.25) is 19.0 Å². The third-order valence-corrected chi connectivity index (χ3v) is 6.28. The van der Waals surface area contributed by atoms with E-state index in [1.807, 2.05) is 30.0 Å². The number of hydrogen-bond donors (Lipinski definition) is 1. The molecule has 0 saturated carbocycles. The number of H-pyrrole nitrogens is 1. The number of fused-ring (bicyclic) bond motifs is 3. The van der Waals surface area contributed by atoms with E-state index in [4.69, 9.17) is 0 Å². The molecule has 3 aromatic heterocycles. The molecule has 1 aliphatic heterocycles. The molecule has 9 nitrogen and oxygen atoms in total. The molecule has 5 rings (SSSR count). The van der Waals surface area contributed by atoms with Crippen molar-refractivity contribution in [3.8, 4) is 5.69 Å². The molecule has 0 aliphatic carbocycles. The first-order chi connectivity index (χ1) is 14.9. The minimum absolute atomic E-state index is 0.0343. The van der Waals surface area contributed by atoms with E-state index in [-0.39, 0.29) is 18.1 Å². The van der Waals surface area contributed by atoms with Gasteiger partial charge < -0.3 is 14.8 Å². The Hall–Kier alpha value is -2.98. The van der Waals surface area contributed by atoms with Crippen molar-refractivity contribution in [2.45, 2.75) is 13.5 Å². The first kappa shape index (κ1) is 20.0. The van der Waals surface area contributed by atoms with Gasteiger partial charge in [-0.1, -0.05) is 15.9 Å². The van der Waals surface area contributed by atoms with Crippen LogP contribution in [0.15, 0.2) is 39.9 Å². The lowest BCUT2D eigenvalue weighted by molar-refractivity contribution is -0.133. The van der Waals surface area contributed by atoms with E-state index in [1.54, 1.807) is 21.6 Å². The van der Waals surface area contributed by atoms with Gasteiger partial charge in [-0.15, -0.1) is 0 Å². The number of amides is 1. The fourth-order valence-corrected chi connectivity index (χ4v) is 4.45. The number of hydrogen-bond acceptors (Lipinski definition) is 5. The van der Waals surface area contributed by atoms with Gasteiger partial charge in [-0.2, -0.15) is 5.10 Å². The molecule has 4 heterocycles. The summed E-state index contributed by atoms with van der Waals surface area (Å²) in [5, 5.41) is 5.37. The number of aromatic amines is 1. The number of nitrogens with zero attached hydrogens (tertiary/aromatic N) is 6. The van der Waals surface area contributed by atoms with Crippen LogP contribution in [0.5, 0.6) is 0 Å². The molecule has 1 N–H and O–H groups in total. The van der Waals surface area contributed by atoms with E-state index in [0.717, 1.165) is 47.1 Å². The molecule has 1 aliphatic rings. The van der Waals surface area contributed by atoms with Crippen LogP contribution in [-0.2, 0) is 11.3 Å². The summed E-state index contributed by atoms with van der Waals surface area (Å²) in [5.41, 5.74) is 3.24. The van der Waals surface area contributed by atoms with Crippen molar-refractivity contribution in [3.05, 3.63) is 51.2 Å². The average molecular weight is 484 g/mol. The van der Waals surface area contributed by atoms with Gasteiger partial charge >= 0.3 is 5.69 Å². The van der Waals surface area contributed by atoms with Crippen LogP contribution in [0.25, 0.3) is 27.6 Å². The summed E-state index contributed by atoms with van der Waals surface area (Å²) in [6.07, 6.45) is 3.43. The smallest absolute Gasteiger partial charge is 0.331 e. The van der Waals surface area contributed by atoms with E-state index in [0.29, 0.717) is 16.9 Å². The summed E-state index contributed by atoms with van der Waals surface area (Å²) in [4.78, 5) is 37.0. The van der Waals surface area contributed by atoms with Crippen molar-refractivity contribution >= 4 is 43.8 Å². The molecular formula is C21H22BrN7O2. The topological polar surface area (TPSA) is 92.0 Å². The normalized spacial score (nSPS) is 15.3. The van der Waals surface area contributed by atoms with Gasteiger partial charge in [0.15, 0.2) is 0 Å². The number of benzene rings is 1. The molecule has 31 heavy (non-hydrogen) atoms. The first-order valence-corrected chi connectivity index (χ1v) is 10.9. The Bertz CT molecular complexity index is 1360. The number of aromatic nitrogens is 5. The van der Waals surface area contributed by atoms with Crippen LogP contribution in [0.2, 0.25) is 0 Å². The molecule has 1 fully saturated rings. The lowest BCUT2D eigenvalue weighted by Crippen LogP contribution is -2.48. The van der Waals surface area contributed by atoms with E-state index in [2.05, 4.69) is 42.9 Å². The zero-order chi connectivity index (χ0) is 21.7. The second kappa shape index (κ2) is 7.61. The standard InChI is InChI=1S/C21H22BrN7O2/c1-13-18(11-28(25-13)12-19(30)27-7-5-26(2)6-8-27)29-20-15-9-14(22)3-4-16(15)23-10-17(20)24-21(29)31/h3-4,9-11H,5-8,12H2,1-2H3,(H,24,31). The highest BCUT2D eigenvalue weighted by atomic mass is 79.9. The van der Waals surface area contributed by atoms with Gasteiger partial charge in [0.1, 0.15) is 6.54 Å². The van der Waals surface area contributed by atoms with Crippen LogP contribution in [-0.4, -0.2) is 73.2 Å². The molecule has 1 saturated heterocycles. The van der Waals surface area contributed by atoms with Crippen LogP contribution in [0.1, 0.15) is 5.69 Å². The Morgan fingerprint density at radius 2 is 2.00 bits per heavy atom. The molecule has 1 aromatic carbocycles. The van der Waals surface area contributed by atoms with Gasteiger partial charge in [-0.05, 0) is 32.2 Å². The second-order valence-corrected chi connectivity index (χ2v) is 8.84. The lowest BCUT2D eigenvalue weighted by atomic mass is 10.2. The van der Waals surface area contributed by atoms with Crippen molar-refractivity contribution in [1.82, 2.24) is 34.1 Å². The Morgan fingerprint density at radius 1 is 1.23 bits per heavy atom. The van der Waals surface area contributed by atoms with E-state index >= 15 is 0 Å². The summed E-state index contributed by atoms with van der Waals surface area (Å²) in [5.74, 6) is 0.0343. The molecule has 1 amide bonds. The predicted molar refractivity (Wildman–Crippen MR) is 121 cm³/mol. The molecular weight excluding hydrogens is 462 g/mol. The number of piperazine rings is 1. The maximum atomic E-state index is 12.9. The number of nitrogens with one attached hydrogen (secondary N) is 1. The summed E-state index contributed by atoms with van der Waals surface area (Å²) in [6, 6.07) is 5.78. The highest BCUT2D eigenvalue weighted by Gasteiger charge is 2.21. The third kappa shape index (κ3) is 3.55. The van der Waals surface area contributed by atoms with Gasteiger partial charge in [-0.25, -0.2) is 4.79 Å². The number of carbonyl (C=O) groups excluding carboxylic acids is 1. The summed E-state index contributed by atoms with van der Waals surface area (Å²) in [6.45, 7) is 5.18. The molecule has 0 unspecified atom stereocenters. The Morgan fingerprint density at radius 3 is 2.77 bits per heavy atom. The van der Waals surface area contributed by atoms with Crippen molar-refractivity contribution in [3.63, 3.8) is 0 Å². The molecule has 0 atom stereocenters. The number of imidazole rings is 1.